The van der Waals surface area contributed by atoms with Crippen LogP contribution in [0.15, 0.2) is 30.3 Å². The fraction of sp³-hybridized carbons (Fsp3) is 0.143. The van der Waals surface area contributed by atoms with Crippen LogP contribution in [0.3, 0.4) is 0 Å². The number of halogens is 3. The van der Waals surface area contributed by atoms with E-state index in [1.807, 2.05) is 0 Å². The quantitative estimate of drug-likeness (QED) is 0.915. The van der Waals surface area contributed by atoms with Gasteiger partial charge in [0.15, 0.2) is 11.5 Å². The predicted molar refractivity (Wildman–Crippen MR) is 76.0 cm³/mol. The minimum absolute atomic E-state index is 0.159. The highest BCUT2D eigenvalue weighted by atomic mass is 35.5. The van der Waals surface area contributed by atoms with Gasteiger partial charge in [-0.1, -0.05) is 29.3 Å². The molecule has 2 aromatic carbocycles. The fourth-order valence-corrected chi connectivity index (χ4v) is 2.71. The van der Waals surface area contributed by atoms with E-state index in [4.69, 9.17) is 38.4 Å². The smallest absolute Gasteiger partial charge is 0.253 e. The van der Waals surface area contributed by atoms with E-state index in [0.717, 1.165) is 0 Å². The Bertz CT molecular complexity index is 658. The first-order chi connectivity index (χ1) is 9.60. The van der Waals surface area contributed by atoms with E-state index in [2.05, 4.69) is 0 Å². The van der Waals surface area contributed by atoms with Crippen LogP contribution < -0.4 is 15.2 Å². The zero-order valence-electron chi connectivity index (χ0n) is 10.2. The van der Waals surface area contributed by atoms with E-state index in [1.165, 1.54) is 12.1 Å². The molecular weight excluding hydrogens is 304 g/mol. The van der Waals surface area contributed by atoms with E-state index in [0.29, 0.717) is 32.7 Å². The Morgan fingerprint density at radius 2 is 1.85 bits per heavy atom. The number of benzene rings is 2. The lowest BCUT2D eigenvalue weighted by Gasteiger charge is -2.11. The number of ether oxygens (including phenoxy) is 2. The number of rotatable bonds is 2. The zero-order valence-corrected chi connectivity index (χ0v) is 11.7. The molecule has 0 bridgehead atoms. The van der Waals surface area contributed by atoms with Gasteiger partial charge >= 0.3 is 0 Å². The molecule has 1 heterocycles. The second kappa shape index (κ2) is 5.13. The maximum Gasteiger partial charge on any atom is 0.253 e. The van der Waals surface area contributed by atoms with E-state index in [1.54, 1.807) is 18.2 Å². The predicted octanol–water partition coefficient (Wildman–Crippen LogP) is 3.86. The van der Waals surface area contributed by atoms with E-state index >= 15 is 0 Å². The van der Waals surface area contributed by atoms with Crippen molar-refractivity contribution in [3.05, 3.63) is 46.2 Å². The Morgan fingerprint density at radius 3 is 2.50 bits per heavy atom. The van der Waals surface area contributed by atoms with Crippen molar-refractivity contribution in [2.75, 3.05) is 6.54 Å². The van der Waals surface area contributed by atoms with Crippen LogP contribution in [-0.4, -0.2) is 12.8 Å². The molecule has 3 rings (SSSR count). The number of hydrogen-bond acceptors (Lipinski definition) is 3. The summed E-state index contributed by atoms with van der Waals surface area (Å²) in [7, 11) is 0. The van der Waals surface area contributed by atoms with Crippen LogP contribution in [0.2, 0.25) is 10.0 Å². The van der Waals surface area contributed by atoms with Gasteiger partial charge in [0.1, 0.15) is 5.82 Å². The molecule has 0 fully saturated rings. The fourth-order valence-electron chi connectivity index (χ4n) is 2.11. The molecule has 6 heteroatoms. The lowest BCUT2D eigenvalue weighted by Crippen LogP contribution is -2.28. The molecule has 0 unspecified atom stereocenters. The molecular formula is C14H10Cl2FNO2. The molecule has 1 aliphatic heterocycles. The molecule has 0 aromatic heterocycles. The van der Waals surface area contributed by atoms with Gasteiger partial charge in [0, 0.05) is 17.2 Å². The Labute approximate surface area is 125 Å². The highest BCUT2D eigenvalue weighted by Crippen LogP contribution is 2.47. The highest BCUT2D eigenvalue weighted by molar-refractivity contribution is 6.39. The summed E-state index contributed by atoms with van der Waals surface area (Å²) in [5.41, 5.74) is 6.46. The van der Waals surface area contributed by atoms with Gasteiger partial charge in [-0.25, -0.2) is 4.39 Å². The lowest BCUT2D eigenvalue weighted by molar-refractivity contribution is 0.0582. The largest absolute Gasteiger partial charge is 0.449 e. The van der Waals surface area contributed by atoms with Gasteiger partial charge < -0.3 is 15.2 Å². The Morgan fingerprint density at radius 1 is 1.15 bits per heavy atom. The maximum absolute atomic E-state index is 13.7. The van der Waals surface area contributed by atoms with Crippen molar-refractivity contribution in [1.82, 2.24) is 0 Å². The van der Waals surface area contributed by atoms with Crippen LogP contribution in [0.4, 0.5) is 4.39 Å². The molecule has 0 aliphatic carbocycles. The summed E-state index contributed by atoms with van der Waals surface area (Å²) in [6.45, 7) is 0.159. The van der Waals surface area contributed by atoms with Crippen molar-refractivity contribution >= 4 is 23.2 Å². The van der Waals surface area contributed by atoms with Crippen LogP contribution in [0.25, 0.3) is 11.1 Å². The van der Waals surface area contributed by atoms with Crippen molar-refractivity contribution in [2.24, 2.45) is 5.73 Å². The molecule has 0 amide bonds. The summed E-state index contributed by atoms with van der Waals surface area (Å²) < 4.78 is 24.7. The normalized spacial score (nSPS) is 16.5. The first kappa shape index (κ1) is 13.5. The zero-order chi connectivity index (χ0) is 14.3. The van der Waals surface area contributed by atoms with E-state index in [9.17, 15) is 4.39 Å². The third kappa shape index (κ3) is 2.20. The molecule has 1 atom stereocenters. The molecule has 1 aliphatic rings. The Hall–Kier alpha value is -1.49. The molecule has 0 saturated carbocycles. The average molecular weight is 314 g/mol. The van der Waals surface area contributed by atoms with E-state index < -0.39 is 12.1 Å². The van der Waals surface area contributed by atoms with Gasteiger partial charge in [-0.3, -0.25) is 0 Å². The summed E-state index contributed by atoms with van der Waals surface area (Å²) in [6, 6.07) is 7.63. The van der Waals surface area contributed by atoms with Gasteiger partial charge in [-0.2, -0.15) is 0 Å². The second-order valence-electron chi connectivity index (χ2n) is 4.28. The average Bonchev–Trinajstić information content (AvgIpc) is 2.81. The summed E-state index contributed by atoms with van der Waals surface area (Å²) >= 11 is 12.3. The topological polar surface area (TPSA) is 44.5 Å². The van der Waals surface area contributed by atoms with Gasteiger partial charge in [0.25, 0.3) is 6.29 Å². The van der Waals surface area contributed by atoms with Crippen LogP contribution in [0.1, 0.15) is 0 Å². The van der Waals surface area contributed by atoms with Crippen LogP contribution in [-0.2, 0) is 0 Å². The highest BCUT2D eigenvalue weighted by Gasteiger charge is 2.28. The van der Waals surface area contributed by atoms with Crippen molar-refractivity contribution in [3.63, 3.8) is 0 Å². The van der Waals surface area contributed by atoms with Crippen molar-refractivity contribution < 1.29 is 13.9 Å². The van der Waals surface area contributed by atoms with Gasteiger partial charge in [0.2, 0.25) is 0 Å². The lowest BCUT2D eigenvalue weighted by atomic mass is 10.0. The van der Waals surface area contributed by atoms with Crippen LogP contribution >= 0.6 is 23.2 Å². The van der Waals surface area contributed by atoms with Crippen LogP contribution in [0.5, 0.6) is 11.5 Å². The molecule has 0 radical (unpaired) electrons. The Balaban J connectivity index is 2.21. The molecule has 2 N–H and O–H groups in total. The monoisotopic (exact) mass is 313 g/mol. The molecule has 0 saturated heterocycles. The number of hydrogen-bond donors (Lipinski definition) is 1. The summed E-state index contributed by atoms with van der Waals surface area (Å²) in [5, 5.41) is 0.815. The molecule has 2 aromatic rings. The molecule has 3 nitrogen and oxygen atoms in total. The minimum Gasteiger partial charge on any atom is -0.449 e. The summed E-state index contributed by atoms with van der Waals surface area (Å²) in [4.78, 5) is 0. The van der Waals surface area contributed by atoms with Crippen molar-refractivity contribution in [2.45, 2.75) is 6.29 Å². The molecule has 0 spiro atoms. The van der Waals surface area contributed by atoms with Gasteiger partial charge in [0.05, 0.1) is 16.6 Å². The number of nitrogens with two attached hydrogens (primary N) is 1. The first-order valence-corrected chi connectivity index (χ1v) is 6.67. The van der Waals surface area contributed by atoms with Gasteiger partial charge in [-0.15, -0.1) is 0 Å². The third-order valence-corrected chi connectivity index (χ3v) is 3.58. The van der Waals surface area contributed by atoms with Crippen molar-refractivity contribution in [1.29, 1.82) is 0 Å². The Kier molecular flexibility index (Phi) is 3.46. The van der Waals surface area contributed by atoms with Gasteiger partial charge in [-0.05, 0) is 18.2 Å². The molecule has 104 valence electrons. The van der Waals surface area contributed by atoms with E-state index in [-0.39, 0.29) is 6.54 Å². The SMILES string of the molecule is NC[C@@H]1Oc2cc(F)cc(-c3c(Cl)cccc3Cl)c2O1. The maximum atomic E-state index is 13.7. The van der Waals surface area contributed by atoms with Crippen molar-refractivity contribution in [3.8, 4) is 22.6 Å². The molecule has 20 heavy (non-hydrogen) atoms. The minimum atomic E-state index is -0.633. The second-order valence-corrected chi connectivity index (χ2v) is 5.09. The third-order valence-electron chi connectivity index (χ3n) is 2.95. The summed E-state index contributed by atoms with van der Waals surface area (Å²) in [5.74, 6) is 0.235. The first-order valence-electron chi connectivity index (χ1n) is 5.91. The summed E-state index contributed by atoms with van der Waals surface area (Å²) in [6.07, 6.45) is -0.633. The van der Waals surface area contributed by atoms with Crippen LogP contribution in [0, 0.1) is 5.82 Å². The standard InChI is InChI=1S/C14H10Cl2FNO2/c15-9-2-1-3-10(16)13(9)8-4-7(17)5-11-14(8)20-12(6-18)19-11/h1-5,12H,6,18H2/t12-/m1/s1. The number of fused-ring (bicyclic) bond motifs is 1.